The summed E-state index contributed by atoms with van der Waals surface area (Å²) in [7, 11) is 0. The van der Waals surface area contributed by atoms with Crippen molar-refractivity contribution < 1.29 is 58.6 Å². The van der Waals surface area contributed by atoms with E-state index in [1.54, 1.807) is 97.5 Å². The standard InChI is InChI=1S/C28H23N3O4S.C27H22N4O4.2C27H21N3O4S/c32-22-11-12-30-26(27(22)33)28(34)29-13-14-35-15-24(29)31(30)25-19-10-9-17-5-1-2-6-18(17)21(19)16-36-23-8-4-3-7-20(23)25;32-22-11-13-30-25(26(22)33)27(34)29-14-15-35-16-23(29)31(30)24-18-7-2-1-6-17(18)20-10-5-12-28(20)21-9-4-3-8-19(21)24;2*31-21-9-11-29-24(25(21)32)27(33)28-12-13-34-15-22(28)30(29)23-17-6-2-1-5-16(17)20-10-14-35-26(20)19-8-4-3-7-18(19)23/h1-12,24-25,33H,13-16H2;1-13,23-24,33H,14-16H2;2*1-11,14,22-23,32H,12-13,15H2/t24-,25+;;22?,23-;22-,23+/m1.01/s1. The second-order valence-electron chi connectivity index (χ2n) is 36.0. The molecule has 141 heavy (non-hydrogen) atoms. The molecule has 0 bridgehead atoms. The van der Waals surface area contributed by atoms with Crippen molar-refractivity contribution in [3.8, 4) is 83.1 Å². The number of thioether (sulfide) groups is 1. The Morgan fingerprint density at radius 2 is 0.631 bits per heavy atom. The van der Waals surface area contributed by atoms with Gasteiger partial charge in [0, 0.05) is 124 Å². The van der Waals surface area contributed by atoms with Crippen LogP contribution in [0.2, 0.25) is 0 Å². The summed E-state index contributed by atoms with van der Waals surface area (Å²) in [5.74, 6) is -2.75. The van der Waals surface area contributed by atoms with Gasteiger partial charge < -0.3 is 63.5 Å². The largest absolute Gasteiger partial charge is 0.502 e. The molecule has 8 atom stereocenters. The van der Waals surface area contributed by atoms with E-state index in [-0.39, 0.29) is 70.6 Å². The fraction of sp³-hybridized carbons (Fsp3) is 0.193. The number of para-hydroxylation sites is 1. The molecule has 12 aliphatic rings. The number of thiophene rings is 2. The number of morpholine rings is 4. The number of nitrogens with zero attached hydrogens (tertiary/aromatic N) is 13. The molecule has 32 heteroatoms. The maximum atomic E-state index is 13.5. The van der Waals surface area contributed by atoms with Crippen LogP contribution in [-0.2, 0) is 24.7 Å². The Kier molecular flexibility index (Phi) is 21.3. The van der Waals surface area contributed by atoms with E-state index in [1.165, 1.54) is 61.5 Å². The fourth-order valence-corrected chi connectivity index (χ4v) is 25.8. The summed E-state index contributed by atoms with van der Waals surface area (Å²) in [5.41, 5.74) is 17.6. The van der Waals surface area contributed by atoms with Gasteiger partial charge in [0.1, 0.15) is 30.7 Å². The summed E-state index contributed by atoms with van der Waals surface area (Å²) >= 11 is 5.23. The predicted octanol–water partition coefficient (Wildman–Crippen LogP) is 14.3. The Hall–Kier alpha value is -15.8. The Bertz CT molecular complexity index is 7410. The molecule has 16 aromatic rings. The monoisotopic (exact) mass is 1930 g/mol. The lowest BCUT2D eigenvalue weighted by Crippen LogP contribution is -2.66. The van der Waals surface area contributed by atoms with Gasteiger partial charge in [0.25, 0.3) is 23.6 Å². The van der Waals surface area contributed by atoms with Gasteiger partial charge in [-0.2, -0.15) is 0 Å². The Labute approximate surface area is 816 Å². The number of fused-ring (bicyclic) bond motifs is 27. The minimum absolute atomic E-state index is 0.00243. The maximum Gasteiger partial charge on any atom is 0.278 e. The summed E-state index contributed by atoms with van der Waals surface area (Å²) in [6.07, 6.45) is 6.77. The lowest BCUT2D eigenvalue weighted by atomic mass is 9.90. The maximum absolute atomic E-state index is 13.5. The van der Waals surface area contributed by atoms with Gasteiger partial charge in [0.2, 0.25) is 21.7 Å². The van der Waals surface area contributed by atoms with E-state index < -0.39 is 69.4 Å². The van der Waals surface area contributed by atoms with Crippen LogP contribution in [0.1, 0.15) is 116 Å². The van der Waals surface area contributed by atoms with Crippen molar-refractivity contribution in [1.29, 1.82) is 0 Å². The molecule has 4 fully saturated rings. The van der Waals surface area contributed by atoms with Gasteiger partial charge in [-0.25, -0.2) is 0 Å². The van der Waals surface area contributed by atoms with Crippen LogP contribution in [0.15, 0.2) is 321 Å². The van der Waals surface area contributed by atoms with Crippen LogP contribution in [0.4, 0.5) is 0 Å². The van der Waals surface area contributed by atoms with E-state index in [9.17, 15) is 58.8 Å². The van der Waals surface area contributed by atoms with Crippen molar-refractivity contribution in [2.75, 3.05) is 99.1 Å². The summed E-state index contributed by atoms with van der Waals surface area (Å²) in [4.78, 5) is 114. The molecule has 4 saturated heterocycles. The first-order valence-corrected chi connectivity index (χ1v) is 49.4. The number of aromatic hydroxyl groups is 4. The summed E-state index contributed by atoms with van der Waals surface area (Å²) in [6.45, 7) is 4.42. The predicted molar refractivity (Wildman–Crippen MR) is 534 cm³/mol. The molecular weight excluding hydrogens is 1840 g/mol. The van der Waals surface area contributed by atoms with E-state index in [0.29, 0.717) is 79.0 Å². The third-order valence-corrected chi connectivity index (χ3v) is 31.9. The van der Waals surface area contributed by atoms with Crippen molar-refractivity contribution in [3.63, 3.8) is 0 Å². The molecule has 17 heterocycles. The lowest BCUT2D eigenvalue weighted by Gasteiger charge is -2.51. The third-order valence-electron chi connectivity index (χ3n) is 28.9. The normalized spacial score (nSPS) is 20.4. The van der Waals surface area contributed by atoms with Gasteiger partial charge in [-0.05, 0) is 125 Å². The molecule has 2 aliphatic carbocycles. The SMILES string of the molecule is O=C1c2c(O)c(=O)ccn2N(C2c3ccccc3-c3cccn3-c3ccccc32)C2COCCN12.O=C1c2c(O)c(=O)ccn2N([C@@H]2c3ccccc3SCc3c2ccc2ccccc32)[C@@H]2COCCN12.O=C1c2c(O)c(=O)ccn2N([C@H]2c3ccccc3-c3ccsc3-c3ccccc32)C2COCCN12.O=C1c2c(O)c(=O)ccn2N([C@H]2c3ccccc3-c3ccsc3-c3ccccc32)[C@@H]2COCCN12. The molecule has 7 aromatic heterocycles. The third kappa shape index (κ3) is 13.7. The number of hydrogen-bond donors (Lipinski definition) is 4. The molecular formula is C109H87N13O16S3. The zero-order chi connectivity index (χ0) is 95.4. The lowest BCUT2D eigenvalue weighted by molar-refractivity contribution is -0.0198. The van der Waals surface area contributed by atoms with Crippen LogP contribution >= 0.6 is 34.4 Å². The molecule has 28 rings (SSSR count). The van der Waals surface area contributed by atoms with Gasteiger partial charge in [-0.3, -0.25) is 77.1 Å². The van der Waals surface area contributed by atoms with Gasteiger partial charge in [-0.15, -0.1) is 34.4 Å². The first-order valence-electron chi connectivity index (χ1n) is 46.7. The van der Waals surface area contributed by atoms with Gasteiger partial charge >= 0.3 is 0 Å². The highest BCUT2D eigenvalue weighted by molar-refractivity contribution is 7.98. The summed E-state index contributed by atoms with van der Waals surface area (Å²) in [6, 6.07) is 83.3. The highest BCUT2D eigenvalue weighted by Gasteiger charge is 2.53. The van der Waals surface area contributed by atoms with E-state index in [1.807, 2.05) is 97.1 Å². The molecule has 4 N–H and O–H groups in total. The molecule has 702 valence electrons. The average molecular weight is 1930 g/mol. The van der Waals surface area contributed by atoms with Gasteiger partial charge in [0.15, 0.2) is 45.8 Å². The van der Waals surface area contributed by atoms with Crippen LogP contribution in [0, 0.1) is 0 Å². The molecule has 10 aliphatic heterocycles. The fourth-order valence-electron chi connectivity index (χ4n) is 22.7. The van der Waals surface area contributed by atoms with E-state index in [4.69, 9.17) is 18.9 Å². The first-order chi connectivity index (χ1) is 69.1. The molecule has 4 amide bonds. The highest BCUT2D eigenvalue weighted by atomic mass is 32.2. The second-order valence-corrected chi connectivity index (χ2v) is 38.8. The van der Waals surface area contributed by atoms with Gasteiger partial charge in [-0.1, -0.05) is 194 Å². The number of ether oxygens (including phenoxy) is 4. The number of rotatable bonds is 4. The van der Waals surface area contributed by atoms with Crippen LogP contribution < -0.4 is 41.8 Å². The smallest absolute Gasteiger partial charge is 0.278 e. The zero-order valence-electron chi connectivity index (χ0n) is 75.3. The molecule has 0 saturated carbocycles. The van der Waals surface area contributed by atoms with Crippen molar-refractivity contribution in [1.82, 2.24) is 42.9 Å². The van der Waals surface area contributed by atoms with Crippen LogP contribution in [0.3, 0.4) is 0 Å². The minimum atomic E-state index is -0.575. The quantitative estimate of drug-likeness (QED) is 0.127. The van der Waals surface area contributed by atoms with Crippen LogP contribution in [0.25, 0.3) is 70.9 Å². The van der Waals surface area contributed by atoms with Crippen molar-refractivity contribution in [3.05, 3.63) is 410 Å². The van der Waals surface area contributed by atoms with Crippen LogP contribution in [0.5, 0.6) is 23.0 Å². The van der Waals surface area contributed by atoms with Gasteiger partial charge in [0.05, 0.1) is 82.4 Å². The molecule has 0 spiro atoms. The number of carbonyl (C=O) groups excluding carboxylic acids is 4. The number of amides is 4. The van der Waals surface area contributed by atoms with E-state index in [0.717, 1.165) is 94.4 Å². The highest BCUT2D eigenvalue weighted by Crippen LogP contribution is 2.55. The van der Waals surface area contributed by atoms with E-state index in [2.05, 4.69) is 175 Å². The van der Waals surface area contributed by atoms with Crippen molar-refractivity contribution in [2.45, 2.75) is 59.5 Å². The van der Waals surface area contributed by atoms with E-state index >= 15 is 0 Å². The Balaban J connectivity index is 0.0000000990. The zero-order valence-corrected chi connectivity index (χ0v) is 77.8. The Morgan fingerprint density at radius 1 is 0.291 bits per heavy atom. The molecule has 9 aromatic carbocycles. The number of hydrogen-bond acceptors (Lipinski definition) is 23. The summed E-state index contributed by atoms with van der Waals surface area (Å²) in [5, 5.41) is 57.9. The minimum Gasteiger partial charge on any atom is -0.502 e. The van der Waals surface area contributed by atoms with Crippen molar-refractivity contribution >= 4 is 68.8 Å². The number of aromatic nitrogens is 5. The van der Waals surface area contributed by atoms with Crippen LogP contribution in [-0.4, -0.2) is 191 Å². The van der Waals surface area contributed by atoms with Crippen molar-refractivity contribution in [2.24, 2.45) is 0 Å². The second kappa shape index (κ2) is 34.7. The summed E-state index contributed by atoms with van der Waals surface area (Å²) < 4.78 is 32.3. The number of benzene rings is 9. The molecule has 0 radical (unpaired) electrons. The molecule has 3 unspecified atom stereocenters. The average Bonchev–Trinajstić information content (AvgIpc) is 1.71. The topological polar surface area (TPSA) is 305 Å². The molecule has 29 nitrogen and oxygen atoms in total. The number of carbonyl (C=O) groups is 4. The first kappa shape index (κ1) is 86.7. The Morgan fingerprint density at radius 3 is 1.06 bits per heavy atom. The number of pyridine rings is 4.